The summed E-state index contributed by atoms with van der Waals surface area (Å²) in [4.78, 5) is 14.5. The van der Waals surface area contributed by atoms with E-state index in [0.717, 1.165) is 10.9 Å². The van der Waals surface area contributed by atoms with Crippen molar-refractivity contribution in [3.8, 4) is 5.75 Å². The van der Waals surface area contributed by atoms with Crippen LogP contribution in [0.25, 0.3) is 10.9 Å². The molecule has 5 heteroatoms. The number of ether oxygens (including phenoxy) is 2. The highest BCUT2D eigenvalue weighted by Crippen LogP contribution is 2.29. The Labute approximate surface area is 104 Å². The van der Waals surface area contributed by atoms with Crippen molar-refractivity contribution in [2.24, 2.45) is 0 Å². The van der Waals surface area contributed by atoms with Crippen molar-refractivity contribution < 1.29 is 19.4 Å². The smallest absolute Gasteiger partial charge is 0.339 e. The Balaban J connectivity index is 2.41. The molecule has 2 aromatic rings. The van der Waals surface area contributed by atoms with Gasteiger partial charge in [0.2, 0.25) is 0 Å². The van der Waals surface area contributed by atoms with Gasteiger partial charge in [-0.25, -0.2) is 4.79 Å². The molecule has 2 rings (SSSR count). The number of hydrogen-bond donors (Lipinski definition) is 2. The molecule has 18 heavy (non-hydrogen) atoms. The third kappa shape index (κ3) is 2.17. The first kappa shape index (κ1) is 12.4. The fraction of sp³-hybridized carbons (Fsp3) is 0.308. The highest BCUT2D eigenvalue weighted by molar-refractivity contribution is 5.88. The molecule has 0 amide bonds. The molecule has 1 heterocycles. The van der Waals surface area contributed by atoms with Gasteiger partial charge in [0.05, 0.1) is 13.7 Å². The van der Waals surface area contributed by atoms with E-state index in [2.05, 4.69) is 4.98 Å². The van der Waals surface area contributed by atoms with Crippen molar-refractivity contribution in [2.45, 2.75) is 13.0 Å². The molecular weight excluding hydrogens is 234 g/mol. The van der Waals surface area contributed by atoms with Gasteiger partial charge in [0, 0.05) is 17.1 Å². The van der Waals surface area contributed by atoms with Crippen molar-refractivity contribution >= 4 is 16.9 Å². The van der Waals surface area contributed by atoms with E-state index < -0.39 is 12.1 Å². The van der Waals surface area contributed by atoms with E-state index >= 15 is 0 Å². The molecule has 1 aromatic heterocycles. The van der Waals surface area contributed by atoms with Crippen molar-refractivity contribution in [2.75, 3.05) is 13.7 Å². The van der Waals surface area contributed by atoms with Crippen LogP contribution >= 0.6 is 0 Å². The van der Waals surface area contributed by atoms with Crippen LogP contribution < -0.4 is 4.74 Å². The zero-order valence-corrected chi connectivity index (χ0v) is 10.3. The molecule has 96 valence electrons. The standard InChI is InChI=1S/C13H15NO4/c1-3-18-13(16)12(15)8-6-10-9(4-5-14-10)11(7-8)17-2/h4-7,12,14-15H,3H2,1-2H3. The average molecular weight is 249 g/mol. The summed E-state index contributed by atoms with van der Waals surface area (Å²) in [5.74, 6) is -0.0578. The van der Waals surface area contributed by atoms with Crippen LogP contribution in [0.15, 0.2) is 24.4 Å². The van der Waals surface area contributed by atoms with E-state index in [-0.39, 0.29) is 6.61 Å². The predicted molar refractivity (Wildman–Crippen MR) is 66.4 cm³/mol. The summed E-state index contributed by atoms with van der Waals surface area (Å²) in [6.07, 6.45) is 0.472. The van der Waals surface area contributed by atoms with Crippen LogP contribution in [0.1, 0.15) is 18.6 Å². The lowest BCUT2D eigenvalue weighted by Crippen LogP contribution is -2.15. The molecule has 0 spiro atoms. The van der Waals surface area contributed by atoms with Gasteiger partial charge in [-0.15, -0.1) is 0 Å². The maximum Gasteiger partial charge on any atom is 0.339 e. The average Bonchev–Trinajstić information content (AvgIpc) is 2.85. The summed E-state index contributed by atoms with van der Waals surface area (Å²) in [7, 11) is 1.54. The molecule has 0 bridgehead atoms. The summed E-state index contributed by atoms with van der Waals surface area (Å²) in [6, 6.07) is 5.21. The van der Waals surface area contributed by atoms with Crippen molar-refractivity contribution in [1.29, 1.82) is 0 Å². The Morgan fingerprint density at radius 1 is 1.50 bits per heavy atom. The molecule has 2 N–H and O–H groups in total. The van der Waals surface area contributed by atoms with E-state index in [1.807, 2.05) is 6.07 Å². The molecule has 0 saturated carbocycles. The maximum atomic E-state index is 11.5. The van der Waals surface area contributed by atoms with Crippen LogP contribution in [0.4, 0.5) is 0 Å². The van der Waals surface area contributed by atoms with Crippen molar-refractivity contribution in [1.82, 2.24) is 4.98 Å². The van der Waals surface area contributed by atoms with Gasteiger partial charge in [0.25, 0.3) is 0 Å². The van der Waals surface area contributed by atoms with Crippen molar-refractivity contribution in [3.63, 3.8) is 0 Å². The Morgan fingerprint density at radius 3 is 2.94 bits per heavy atom. The highest BCUT2D eigenvalue weighted by atomic mass is 16.5. The number of aromatic nitrogens is 1. The van der Waals surface area contributed by atoms with Gasteiger partial charge in [-0.3, -0.25) is 0 Å². The molecule has 5 nitrogen and oxygen atoms in total. The molecule has 0 radical (unpaired) electrons. The topological polar surface area (TPSA) is 71.6 Å². The van der Waals surface area contributed by atoms with Gasteiger partial charge in [-0.1, -0.05) is 0 Å². The molecule has 0 aliphatic rings. The summed E-state index contributed by atoms with van der Waals surface area (Å²) < 4.78 is 10.0. The lowest BCUT2D eigenvalue weighted by molar-refractivity contribution is -0.153. The number of benzene rings is 1. The third-order valence-electron chi connectivity index (χ3n) is 2.70. The quantitative estimate of drug-likeness (QED) is 0.810. The summed E-state index contributed by atoms with van der Waals surface area (Å²) in [6.45, 7) is 1.93. The Bertz CT molecular complexity index is 561. The number of hydrogen-bond acceptors (Lipinski definition) is 4. The minimum atomic E-state index is -1.30. The monoisotopic (exact) mass is 249 g/mol. The first-order chi connectivity index (χ1) is 8.67. The van der Waals surface area contributed by atoms with Gasteiger partial charge in [-0.05, 0) is 30.7 Å². The van der Waals surface area contributed by atoms with Gasteiger partial charge in [0.1, 0.15) is 5.75 Å². The number of esters is 1. The van der Waals surface area contributed by atoms with E-state index in [0.29, 0.717) is 11.3 Å². The molecular formula is C13H15NO4. The molecule has 1 aromatic carbocycles. The molecule has 1 atom stereocenters. The minimum absolute atomic E-state index is 0.234. The number of aliphatic hydroxyl groups is 1. The van der Waals surface area contributed by atoms with Crippen LogP contribution in [-0.2, 0) is 9.53 Å². The lowest BCUT2D eigenvalue weighted by atomic mass is 10.1. The predicted octanol–water partition coefficient (Wildman–Crippen LogP) is 1.77. The number of methoxy groups -OCH3 is 1. The minimum Gasteiger partial charge on any atom is -0.496 e. The zero-order chi connectivity index (χ0) is 13.1. The van der Waals surface area contributed by atoms with Crippen LogP contribution in [0, 0.1) is 0 Å². The van der Waals surface area contributed by atoms with Gasteiger partial charge in [0.15, 0.2) is 6.10 Å². The second-order valence-electron chi connectivity index (χ2n) is 3.82. The number of fused-ring (bicyclic) bond motifs is 1. The van der Waals surface area contributed by atoms with Crippen LogP contribution in [0.2, 0.25) is 0 Å². The Hall–Kier alpha value is -2.01. The van der Waals surface area contributed by atoms with Crippen LogP contribution in [0.3, 0.4) is 0 Å². The molecule has 0 fully saturated rings. The number of aliphatic hydroxyl groups excluding tert-OH is 1. The van der Waals surface area contributed by atoms with E-state index in [1.54, 1.807) is 32.4 Å². The van der Waals surface area contributed by atoms with Crippen molar-refractivity contribution in [3.05, 3.63) is 30.0 Å². The fourth-order valence-corrected chi connectivity index (χ4v) is 1.84. The zero-order valence-electron chi connectivity index (χ0n) is 10.3. The largest absolute Gasteiger partial charge is 0.496 e. The summed E-state index contributed by atoms with van der Waals surface area (Å²) in [5, 5.41) is 10.8. The summed E-state index contributed by atoms with van der Waals surface area (Å²) >= 11 is 0. The van der Waals surface area contributed by atoms with Crippen LogP contribution in [-0.4, -0.2) is 29.8 Å². The second-order valence-corrected chi connectivity index (χ2v) is 3.82. The van der Waals surface area contributed by atoms with E-state index in [4.69, 9.17) is 9.47 Å². The normalized spacial score (nSPS) is 12.4. The van der Waals surface area contributed by atoms with E-state index in [1.165, 1.54) is 0 Å². The third-order valence-corrected chi connectivity index (χ3v) is 2.70. The number of carbonyl (C=O) groups excluding carboxylic acids is 1. The fourth-order valence-electron chi connectivity index (χ4n) is 1.84. The molecule has 1 unspecified atom stereocenters. The highest BCUT2D eigenvalue weighted by Gasteiger charge is 2.20. The SMILES string of the molecule is CCOC(=O)C(O)c1cc(OC)c2cc[nH]c2c1. The Morgan fingerprint density at radius 2 is 2.28 bits per heavy atom. The van der Waals surface area contributed by atoms with Gasteiger partial charge in [-0.2, -0.15) is 0 Å². The molecule has 0 aliphatic heterocycles. The number of rotatable bonds is 4. The number of H-pyrrole nitrogens is 1. The lowest BCUT2D eigenvalue weighted by Gasteiger charge is -2.12. The second kappa shape index (κ2) is 5.10. The maximum absolute atomic E-state index is 11.5. The number of carbonyl (C=O) groups is 1. The Kier molecular flexibility index (Phi) is 3.53. The first-order valence-corrected chi connectivity index (χ1v) is 5.67. The first-order valence-electron chi connectivity index (χ1n) is 5.67. The van der Waals surface area contributed by atoms with E-state index in [9.17, 15) is 9.90 Å². The van der Waals surface area contributed by atoms with Gasteiger partial charge >= 0.3 is 5.97 Å². The van der Waals surface area contributed by atoms with Crippen LogP contribution in [0.5, 0.6) is 5.75 Å². The number of nitrogens with one attached hydrogen (secondary N) is 1. The summed E-state index contributed by atoms with van der Waals surface area (Å²) in [5.41, 5.74) is 1.24. The molecule has 0 aliphatic carbocycles. The molecule has 0 saturated heterocycles. The van der Waals surface area contributed by atoms with Gasteiger partial charge < -0.3 is 19.6 Å². The number of aromatic amines is 1.